The topological polar surface area (TPSA) is 85.0 Å². The Balaban J connectivity index is 1.86. The van der Waals surface area contributed by atoms with E-state index in [4.69, 9.17) is 5.11 Å². The van der Waals surface area contributed by atoms with Crippen LogP contribution >= 0.6 is 0 Å². The average molecular weight is 417 g/mol. The first-order valence-corrected chi connectivity index (χ1v) is 9.13. The third-order valence-corrected chi connectivity index (χ3v) is 4.73. The normalized spacial score (nSPS) is 13.1. The molecule has 1 amide bonds. The van der Waals surface area contributed by atoms with E-state index in [0.29, 0.717) is 27.8 Å². The van der Waals surface area contributed by atoms with E-state index in [-0.39, 0.29) is 12.3 Å². The maximum atomic E-state index is 12.9. The smallest absolute Gasteiger partial charge is 0.394 e. The molecule has 3 heterocycles. The Morgan fingerprint density at radius 3 is 2.53 bits per heavy atom. The van der Waals surface area contributed by atoms with E-state index in [1.54, 1.807) is 35.5 Å². The highest BCUT2D eigenvalue weighted by molar-refractivity contribution is 6.07. The lowest BCUT2D eigenvalue weighted by Gasteiger charge is -2.11. The largest absolute Gasteiger partial charge is 0.416 e. The molecular formula is C20H18F3N5O2. The van der Waals surface area contributed by atoms with Gasteiger partial charge in [0.05, 0.1) is 23.1 Å². The number of benzene rings is 1. The first kappa shape index (κ1) is 19.9. The molecule has 0 aliphatic heterocycles. The quantitative estimate of drug-likeness (QED) is 0.535. The Kier molecular flexibility index (Phi) is 4.73. The van der Waals surface area contributed by atoms with Crippen molar-refractivity contribution in [1.82, 2.24) is 24.6 Å². The molecule has 0 saturated carbocycles. The Bertz CT molecular complexity index is 1240. The summed E-state index contributed by atoms with van der Waals surface area (Å²) in [4.78, 5) is 16.8. The number of rotatable bonds is 4. The first-order valence-electron chi connectivity index (χ1n) is 9.13. The standard InChI is InChI=1S/C20H18F3N5O2/c1-11(10-29)24-19(30)15-7-8-16-17(25-15)14-9-27(2)26-18(14)28(16)13-5-3-12(4-6-13)20(21,22)23/h3-9,11,29H,10H2,1-2H3,(H,24,30)/t11-/m0/s1. The number of aliphatic hydroxyl groups is 1. The van der Waals surface area contributed by atoms with Crippen molar-refractivity contribution in [2.75, 3.05) is 6.61 Å². The van der Waals surface area contributed by atoms with Crippen LogP contribution in [-0.4, -0.2) is 43.0 Å². The minimum absolute atomic E-state index is 0.165. The summed E-state index contributed by atoms with van der Waals surface area (Å²) in [6.07, 6.45) is -2.68. The maximum absolute atomic E-state index is 12.9. The summed E-state index contributed by atoms with van der Waals surface area (Å²) >= 11 is 0. The molecule has 0 aliphatic rings. The fourth-order valence-corrected chi connectivity index (χ4v) is 3.28. The number of carbonyl (C=O) groups excluding carboxylic acids is 1. The van der Waals surface area contributed by atoms with E-state index in [2.05, 4.69) is 15.4 Å². The van der Waals surface area contributed by atoms with Gasteiger partial charge < -0.3 is 10.4 Å². The summed E-state index contributed by atoms with van der Waals surface area (Å²) in [6, 6.07) is 7.56. The third-order valence-electron chi connectivity index (χ3n) is 4.73. The van der Waals surface area contributed by atoms with Crippen LogP contribution in [0.3, 0.4) is 0 Å². The predicted octanol–water partition coefficient (Wildman–Crippen LogP) is 3.04. The van der Waals surface area contributed by atoms with Crippen LogP contribution in [0.4, 0.5) is 13.2 Å². The molecule has 0 saturated heterocycles. The minimum atomic E-state index is -4.42. The van der Waals surface area contributed by atoms with Crippen LogP contribution in [0.1, 0.15) is 23.0 Å². The highest BCUT2D eigenvalue weighted by atomic mass is 19.4. The molecule has 0 fully saturated rings. The van der Waals surface area contributed by atoms with E-state index in [1.165, 1.54) is 18.2 Å². The van der Waals surface area contributed by atoms with Gasteiger partial charge in [0, 0.05) is 25.0 Å². The molecule has 0 aliphatic carbocycles. The Morgan fingerprint density at radius 1 is 1.20 bits per heavy atom. The lowest BCUT2D eigenvalue weighted by Crippen LogP contribution is -2.35. The van der Waals surface area contributed by atoms with Crippen molar-refractivity contribution in [3.8, 4) is 5.69 Å². The number of carbonyl (C=O) groups is 1. The van der Waals surface area contributed by atoms with Gasteiger partial charge in [0.1, 0.15) is 11.2 Å². The number of amides is 1. The number of halogens is 3. The van der Waals surface area contributed by atoms with Gasteiger partial charge in [-0.1, -0.05) is 0 Å². The van der Waals surface area contributed by atoms with E-state index >= 15 is 0 Å². The van der Waals surface area contributed by atoms with Gasteiger partial charge in [-0.15, -0.1) is 0 Å². The summed E-state index contributed by atoms with van der Waals surface area (Å²) < 4.78 is 42.0. The van der Waals surface area contributed by atoms with Crippen LogP contribution in [-0.2, 0) is 13.2 Å². The number of pyridine rings is 1. The van der Waals surface area contributed by atoms with Crippen LogP contribution in [0.2, 0.25) is 0 Å². The summed E-state index contributed by atoms with van der Waals surface area (Å²) in [6.45, 7) is 1.46. The molecule has 10 heteroatoms. The lowest BCUT2D eigenvalue weighted by atomic mass is 10.2. The van der Waals surface area contributed by atoms with Gasteiger partial charge >= 0.3 is 6.18 Å². The predicted molar refractivity (Wildman–Crippen MR) is 104 cm³/mol. The Hall–Kier alpha value is -3.40. The Morgan fingerprint density at radius 2 is 1.90 bits per heavy atom. The molecule has 0 radical (unpaired) electrons. The molecule has 2 N–H and O–H groups in total. The van der Waals surface area contributed by atoms with Gasteiger partial charge in [0.25, 0.3) is 5.91 Å². The van der Waals surface area contributed by atoms with Gasteiger partial charge in [0.2, 0.25) is 0 Å². The van der Waals surface area contributed by atoms with Gasteiger partial charge in [0.15, 0.2) is 5.65 Å². The van der Waals surface area contributed by atoms with Crippen molar-refractivity contribution in [3.63, 3.8) is 0 Å². The van der Waals surface area contributed by atoms with E-state index < -0.39 is 23.7 Å². The van der Waals surface area contributed by atoms with Crippen LogP contribution in [0.15, 0.2) is 42.6 Å². The van der Waals surface area contributed by atoms with Crippen LogP contribution in [0.25, 0.3) is 27.8 Å². The van der Waals surface area contributed by atoms with Crippen molar-refractivity contribution < 1.29 is 23.1 Å². The molecule has 0 unspecified atom stereocenters. The summed E-state index contributed by atoms with van der Waals surface area (Å²) in [5.74, 6) is -0.433. The third kappa shape index (κ3) is 3.39. The van der Waals surface area contributed by atoms with Crippen molar-refractivity contribution in [3.05, 3.63) is 53.9 Å². The minimum Gasteiger partial charge on any atom is -0.394 e. The van der Waals surface area contributed by atoms with E-state index in [9.17, 15) is 18.0 Å². The molecule has 3 aromatic heterocycles. The molecule has 4 aromatic rings. The van der Waals surface area contributed by atoms with Crippen LogP contribution < -0.4 is 5.32 Å². The van der Waals surface area contributed by atoms with Gasteiger partial charge in [-0.25, -0.2) is 4.98 Å². The molecule has 156 valence electrons. The first-order chi connectivity index (χ1) is 14.2. The SMILES string of the molecule is C[C@@H](CO)NC(=O)c1ccc2c(n1)c1cn(C)nc1n2-c1ccc(C(F)(F)F)cc1. The number of aromatic nitrogens is 4. The van der Waals surface area contributed by atoms with Gasteiger partial charge in [-0.3, -0.25) is 14.0 Å². The fraction of sp³-hybridized carbons (Fsp3) is 0.250. The number of nitrogens with zero attached hydrogens (tertiary/aromatic N) is 4. The van der Waals surface area contributed by atoms with Crippen LogP contribution in [0.5, 0.6) is 0 Å². The number of alkyl halides is 3. The average Bonchev–Trinajstić information content (AvgIpc) is 3.21. The van der Waals surface area contributed by atoms with Crippen molar-refractivity contribution >= 4 is 28.0 Å². The van der Waals surface area contributed by atoms with E-state index in [0.717, 1.165) is 12.1 Å². The summed E-state index contributed by atoms with van der Waals surface area (Å²) in [5, 5.41) is 16.8. The number of fused-ring (bicyclic) bond motifs is 3. The Labute approximate surface area is 168 Å². The monoisotopic (exact) mass is 417 g/mol. The summed E-state index contributed by atoms with van der Waals surface area (Å²) in [5.41, 5.74) is 1.55. The molecule has 30 heavy (non-hydrogen) atoms. The van der Waals surface area contributed by atoms with Crippen molar-refractivity contribution in [1.29, 1.82) is 0 Å². The van der Waals surface area contributed by atoms with E-state index in [1.807, 2.05) is 0 Å². The molecular weight excluding hydrogens is 399 g/mol. The maximum Gasteiger partial charge on any atom is 0.416 e. The number of hydrogen-bond donors (Lipinski definition) is 2. The highest BCUT2D eigenvalue weighted by Gasteiger charge is 2.30. The molecule has 4 rings (SSSR count). The highest BCUT2D eigenvalue weighted by Crippen LogP contribution is 2.33. The lowest BCUT2D eigenvalue weighted by molar-refractivity contribution is -0.137. The zero-order valence-electron chi connectivity index (χ0n) is 16.1. The molecule has 1 aromatic carbocycles. The van der Waals surface area contributed by atoms with Crippen molar-refractivity contribution in [2.45, 2.75) is 19.1 Å². The van der Waals surface area contributed by atoms with Crippen LogP contribution in [0, 0.1) is 0 Å². The fourth-order valence-electron chi connectivity index (χ4n) is 3.28. The second-order valence-corrected chi connectivity index (χ2v) is 7.04. The number of aryl methyl sites for hydroxylation is 1. The molecule has 1 atom stereocenters. The number of hydrogen-bond acceptors (Lipinski definition) is 4. The second-order valence-electron chi connectivity index (χ2n) is 7.04. The van der Waals surface area contributed by atoms with Gasteiger partial charge in [-0.05, 0) is 43.3 Å². The number of nitrogens with one attached hydrogen (secondary N) is 1. The molecule has 7 nitrogen and oxygen atoms in total. The summed E-state index contributed by atoms with van der Waals surface area (Å²) in [7, 11) is 1.72. The van der Waals surface area contributed by atoms with Gasteiger partial charge in [-0.2, -0.15) is 18.3 Å². The zero-order chi connectivity index (χ0) is 21.6. The zero-order valence-corrected chi connectivity index (χ0v) is 16.1. The number of aliphatic hydroxyl groups excluding tert-OH is 1. The molecule has 0 bridgehead atoms. The second kappa shape index (κ2) is 7.13. The van der Waals surface area contributed by atoms with Crippen molar-refractivity contribution in [2.24, 2.45) is 7.05 Å². The molecule has 0 spiro atoms.